The lowest BCUT2D eigenvalue weighted by molar-refractivity contribution is 0.305. The molecule has 2 aromatic rings. The minimum Gasteiger partial charge on any atom is -0.375 e. The summed E-state index contributed by atoms with van der Waals surface area (Å²) in [6.45, 7) is 0. The van der Waals surface area contributed by atoms with E-state index in [1.807, 2.05) is 0 Å². The van der Waals surface area contributed by atoms with Crippen molar-refractivity contribution < 1.29 is 8.78 Å². The molecule has 1 fully saturated rings. The molecule has 0 radical (unpaired) electrons. The van der Waals surface area contributed by atoms with Gasteiger partial charge in [0, 0.05) is 5.92 Å². The van der Waals surface area contributed by atoms with Crippen molar-refractivity contribution in [1.29, 1.82) is 0 Å². The normalized spacial score (nSPS) is 23.3. The molecule has 2 aliphatic rings. The number of rotatable bonds is 2. The Bertz CT molecular complexity index is 919. The number of hydrazone groups is 1. The van der Waals surface area contributed by atoms with E-state index in [0.717, 1.165) is 41.7 Å². The van der Waals surface area contributed by atoms with E-state index in [4.69, 9.17) is 23.1 Å². The maximum absolute atomic E-state index is 13.4. The molecule has 6 heteroatoms. The number of thiocarbonyl (C=S) groups is 1. The molecule has 3 nitrogen and oxygen atoms in total. The maximum Gasteiger partial charge on any atom is 0.187 e. The highest BCUT2D eigenvalue weighted by Crippen LogP contribution is 2.44. The standard InChI is InChI=1S/C21H19F2N3S/c22-16-8-4-13(5-9-16)12-15-2-1-3-18-19(15)25-26(21(24)27)20(18)14-6-10-17(23)11-7-14/h4-12,18,20H,1-3H2,(H2,24,27)/b15-12-/t18-,20+/m1/s1. The molecule has 1 aliphatic carbocycles. The third-order valence-corrected chi connectivity index (χ3v) is 5.34. The molecule has 2 aromatic carbocycles. The van der Waals surface area contributed by atoms with Crippen molar-refractivity contribution in [2.75, 3.05) is 0 Å². The predicted molar refractivity (Wildman–Crippen MR) is 107 cm³/mol. The molecule has 0 spiro atoms. The molecule has 27 heavy (non-hydrogen) atoms. The number of allylic oxidation sites excluding steroid dienone is 1. The Hall–Kier alpha value is -2.60. The zero-order valence-electron chi connectivity index (χ0n) is 14.6. The summed E-state index contributed by atoms with van der Waals surface area (Å²) in [6.07, 6.45) is 4.92. The van der Waals surface area contributed by atoms with E-state index < -0.39 is 0 Å². The number of fused-ring (bicyclic) bond motifs is 1. The number of nitrogens with zero attached hydrogens (tertiary/aromatic N) is 2. The summed E-state index contributed by atoms with van der Waals surface area (Å²) in [5.74, 6) is -0.398. The number of hydrogen-bond acceptors (Lipinski definition) is 2. The first-order valence-corrected chi connectivity index (χ1v) is 9.33. The van der Waals surface area contributed by atoms with E-state index in [1.54, 1.807) is 29.3 Å². The summed E-state index contributed by atoms with van der Waals surface area (Å²) >= 11 is 5.22. The van der Waals surface area contributed by atoms with Gasteiger partial charge in [-0.2, -0.15) is 5.10 Å². The Balaban J connectivity index is 1.72. The number of hydrogen-bond donors (Lipinski definition) is 1. The third kappa shape index (κ3) is 3.49. The molecule has 4 rings (SSSR count). The molecule has 1 heterocycles. The van der Waals surface area contributed by atoms with Gasteiger partial charge in [-0.15, -0.1) is 0 Å². The van der Waals surface area contributed by atoms with Crippen LogP contribution in [0.2, 0.25) is 0 Å². The predicted octanol–water partition coefficient (Wildman–Crippen LogP) is 4.80. The van der Waals surface area contributed by atoms with E-state index in [2.05, 4.69) is 6.08 Å². The van der Waals surface area contributed by atoms with Gasteiger partial charge in [-0.05, 0) is 78.5 Å². The fraction of sp³-hybridized carbons (Fsp3) is 0.238. The molecule has 0 unspecified atom stereocenters. The Labute approximate surface area is 162 Å². The molecule has 2 N–H and O–H groups in total. The van der Waals surface area contributed by atoms with Crippen molar-refractivity contribution in [1.82, 2.24) is 5.01 Å². The van der Waals surface area contributed by atoms with Crippen LogP contribution in [0.4, 0.5) is 8.78 Å². The zero-order chi connectivity index (χ0) is 19.0. The van der Waals surface area contributed by atoms with E-state index in [-0.39, 0.29) is 28.7 Å². The Morgan fingerprint density at radius 1 is 1.07 bits per heavy atom. The monoisotopic (exact) mass is 383 g/mol. The molecule has 1 aliphatic heterocycles. The van der Waals surface area contributed by atoms with Gasteiger partial charge in [0.15, 0.2) is 5.11 Å². The first-order valence-electron chi connectivity index (χ1n) is 8.92. The van der Waals surface area contributed by atoms with Crippen LogP contribution in [0.3, 0.4) is 0 Å². The average Bonchev–Trinajstić information content (AvgIpc) is 3.05. The van der Waals surface area contributed by atoms with Crippen LogP contribution in [-0.4, -0.2) is 15.8 Å². The minimum atomic E-state index is -0.277. The van der Waals surface area contributed by atoms with Crippen molar-refractivity contribution in [3.63, 3.8) is 0 Å². The quantitative estimate of drug-likeness (QED) is 0.757. The lowest BCUT2D eigenvalue weighted by Gasteiger charge is -2.29. The van der Waals surface area contributed by atoms with Gasteiger partial charge in [0.25, 0.3) is 0 Å². The Morgan fingerprint density at radius 3 is 2.33 bits per heavy atom. The number of benzene rings is 2. The van der Waals surface area contributed by atoms with Crippen molar-refractivity contribution in [2.45, 2.75) is 25.3 Å². The molecule has 138 valence electrons. The Morgan fingerprint density at radius 2 is 1.70 bits per heavy atom. The Kier molecular flexibility index (Phi) is 4.74. The minimum absolute atomic E-state index is 0.130. The summed E-state index contributed by atoms with van der Waals surface area (Å²) < 4.78 is 26.5. The summed E-state index contributed by atoms with van der Waals surface area (Å²) in [5, 5.41) is 6.61. The van der Waals surface area contributed by atoms with Crippen LogP contribution in [0.25, 0.3) is 6.08 Å². The fourth-order valence-corrected chi connectivity index (χ4v) is 4.09. The van der Waals surface area contributed by atoms with Gasteiger partial charge in [0.05, 0.1) is 11.8 Å². The topological polar surface area (TPSA) is 41.6 Å². The summed E-state index contributed by atoms with van der Waals surface area (Å²) in [6, 6.07) is 12.7. The molecule has 0 bridgehead atoms. The number of nitrogens with two attached hydrogens (primary N) is 1. The van der Waals surface area contributed by atoms with Crippen molar-refractivity contribution >= 4 is 29.1 Å². The van der Waals surface area contributed by atoms with Gasteiger partial charge in [-0.25, -0.2) is 13.8 Å². The zero-order valence-corrected chi connectivity index (χ0v) is 15.4. The van der Waals surface area contributed by atoms with Gasteiger partial charge < -0.3 is 5.73 Å². The summed E-state index contributed by atoms with van der Waals surface area (Å²) in [4.78, 5) is 0. The summed E-state index contributed by atoms with van der Waals surface area (Å²) in [5.41, 5.74) is 9.89. The first-order chi connectivity index (χ1) is 13.0. The molecule has 2 atom stereocenters. The van der Waals surface area contributed by atoms with Crippen molar-refractivity contribution in [3.05, 3.63) is 76.9 Å². The van der Waals surface area contributed by atoms with Crippen molar-refractivity contribution in [3.8, 4) is 0 Å². The first kappa shape index (κ1) is 17.8. The summed E-state index contributed by atoms with van der Waals surface area (Å²) in [7, 11) is 0. The highest BCUT2D eigenvalue weighted by Gasteiger charge is 2.42. The van der Waals surface area contributed by atoms with E-state index >= 15 is 0 Å². The van der Waals surface area contributed by atoms with Crippen LogP contribution in [0, 0.1) is 17.6 Å². The average molecular weight is 383 g/mol. The van der Waals surface area contributed by atoms with Gasteiger partial charge in [0.1, 0.15) is 11.6 Å². The second kappa shape index (κ2) is 7.19. The second-order valence-corrected chi connectivity index (χ2v) is 7.30. The van der Waals surface area contributed by atoms with Crippen LogP contribution in [-0.2, 0) is 0 Å². The number of halogens is 2. The molecular weight excluding hydrogens is 364 g/mol. The van der Waals surface area contributed by atoms with Gasteiger partial charge in [-0.1, -0.05) is 24.3 Å². The van der Waals surface area contributed by atoms with E-state index in [1.165, 1.54) is 24.3 Å². The maximum atomic E-state index is 13.4. The van der Waals surface area contributed by atoms with E-state index in [9.17, 15) is 8.78 Å². The van der Waals surface area contributed by atoms with Crippen LogP contribution >= 0.6 is 12.2 Å². The van der Waals surface area contributed by atoms with Crippen LogP contribution < -0.4 is 5.73 Å². The van der Waals surface area contributed by atoms with Crippen LogP contribution in [0.1, 0.15) is 36.4 Å². The van der Waals surface area contributed by atoms with Gasteiger partial charge in [-0.3, -0.25) is 0 Å². The second-order valence-electron chi connectivity index (χ2n) is 6.88. The highest BCUT2D eigenvalue weighted by molar-refractivity contribution is 7.80. The van der Waals surface area contributed by atoms with Gasteiger partial charge in [0.2, 0.25) is 0 Å². The molecule has 0 aromatic heterocycles. The van der Waals surface area contributed by atoms with Gasteiger partial charge >= 0.3 is 0 Å². The lowest BCUT2D eigenvalue weighted by atomic mass is 9.77. The van der Waals surface area contributed by atoms with Crippen molar-refractivity contribution in [2.24, 2.45) is 16.8 Å². The molecule has 0 saturated heterocycles. The third-order valence-electron chi connectivity index (χ3n) is 5.15. The fourth-order valence-electron chi connectivity index (χ4n) is 3.94. The largest absolute Gasteiger partial charge is 0.375 e. The highest BCUT2D eigenvalue weighted by atomic mass is 32.1. The molecular formula is C21H19F2N3S. The van der Waals surface area contributed by atoms with E-state index in [0.29, 0.717) is 0 Å². The molecule has 0 amide bonds. The SMILES string of the molecule is NC(=S)N1N=C2/C(=C\c3ccc(F)cc3)CCC[C@H]2[C@@H]1c1ccc(F)cc1. The van der Waals surface area contributed by atoms with Crippen LogP contribution in [0.15, 0.2) is 59.2 Å². The smallest absolute Gasteiger partial charge is 0.187 e. The molecule has 1 saturated carbocycles. The van der Waals surface area contributed by atoms with Crippen LogP contribution in [0.5, 0.6) is 0 Å². The lowest BCUT2D eigenvalue weighted by Crippen LogP contribution is -2.34.